The molecule has 0 bridgehead atoms. The van der Waals surface area contributed by atoms with Crippen LogP contribution in [0.25, 0.3) is 0 Å². The summed E-state index contributed by atoms with van der Waals surface area (Å²) in [6.07, 6.45) is 9.96. The van der Waals surface area contributed by atoms with E-state index in [0.717, 1.165) is 37.0 Å². The molecule has 2 aliphatic rings. The fourth-order valence-corrected chi connectivity index (χ4v) is 2.49. The van der Waals surface area contributed by atoms with Gasteiger partial charge in [0.15, 0.2) is 5.82 Å². The van der Waals surface area contributed by atoms with Crippen molar-refractivity contribution in [2.75, 3.05) is 6.54 Å². The molecule has 0 aromatic carbocycles. The van der Waals surface area contributed by atoms with Gasteiger partial charge in [0.1, 0.15) is 0 Å². The molecule has 1 saturated carbocycles. The Labute approximate surface area is 114 Å². The van der Waals surface area contributed by atoms with E-state index >= 15 is 0 Å². The predicted octanol–water partition coefficient (Wildman–Crippen LogP) is 3.04. The van der Waals surface area contributed by atoms with E-state index in [4.69, 9.17) is 4.52 Å². The Hall–Kier alpha value is -0.610. The van der Waals surface area contributed by atoms with Crippen molar-refractivity contribution in [3.05, 3.63) is 11.7 Å². The molecule has 1 unspecified atom stereocenters. The molecule has 2 fully saturated rings. The van der Waals surface area contributed by atoms with Crippen LogP contribution in [0.1, 0.15) is 62.7 Å². The van der Waals surface area contributed by atoms with Crippen LogP contribution in [0.5, 0.6) is 0 Å². The molecule has 1 saturated heterocycles. The molecule has 3 rings (SSSR count). The molecule has 102 valence electrons. The van der Waals surface area contributed by atoms with E-state index in [1.165, 1.54) is 38.5 Å². The Balaban J connectivity index is 0.00000120. The Morgan fingerprint density at radius 3 is 2.89 bits per heavy atom. The summed E-state index contributed by atoms with van der Waals surface area (Å²) in [6.45, 7) is 1.08. The minimum absolute atomic E-state index is 0. The molecule has 0 spiro atoms. The maximum Gasteiger partial charge on any atom is 0.226 e. The SMILES string of the molecule is C1CCNC(c2noc(CCC3CC3)n2)CC1.Cl. The normalized spacial score (nSPS) is 24.3. The molecule has 1 aromatic heterocycles. The molecule has 0 radical (unpaired) electrons. The van der Waals surface area contributed by atoms with Crippen LogP contribution in [0.2, 0.25) is 0 Å². The second kappa shape index (κ2) is 6.53. The molecule has 1 aromatic rings. The summed E-state index contributed by atoms with van der Waals surface area (Å²) >= 11 is 0. The first-order valence-corrected chi connectivity index (χ1v) is 6.97. The molecule has 1 aliphatic heterocycles. The summed E-state index contributed by atoms with van der Waals surface area (Å²) in [7, 11) is 0. The Morgan fingerprint density at radius 1 is 1.17 bits per heavy atom. The first kappa shape index (κ1) is 13.8. The minimum atomic E-state index is 0. The van der Waals surface area contributed by atoms with Gasteiger partial charge in [-0.05, 0) is 31.7 Å². The fraction of sp³-hybridized carbons (Fsp3) is 0.846. The average molecular weight is 272 g/mol. The zero-order valence-electron chi connectivity index (χ0n) is 10.7. The lowest BCUT2D eigenvalue weighted by atomic mass is 10.1. The quantitative estimate of drug-likeness (QED) is 0.915. The number of hydrogen-bond donors (Lipinski definition) is 1. The summed E-state index contributed by atoms with van der Waals surface area (Å²) in [5.74, 6) is 2.64. The number of aromatic nitrogens is 2. The fourth-order valence-electron chi connectivity index (χ4n) is 2.49. The van der Waals surface area contributed by atoms with Gasteiger partial charge in [0.25, 0.3) is 0 Å². The van der Waals surface area contributed by atoms with Crippen molar-refractivity contribution in [1.29, 1.82) is 0 Å². The molecule has 0 amide bonds. The monoisotopic (exact) mass is 271 g/mol. The zero-order valence-corrected chi connectivity index (χ0v) is 11.5. The number of aryl methyl sites for hydroxylation is 1. The lowest BCUT2D eigenvalue weighted by Crippen LogP contribution is -2.21. The molecular weight excluding hydrogens is 250 g/mol. The van der Waals surface area contributed by atoms with Crippen molar-refractivity contribution in [2.45, 2.75) is 57.4 Å². The van der Waals surface area contributed by atoms with E-state index in [0.29, 0.717) is 6.04 Å². The molecule has 1 atom stereocenters. The summed E-state index contributed by atoms with van der Waals surface area (Å²) in [5, 5.41) is 7.63. The minimum Gasteiger partial charge on any atom is -0.339 e. The van der Waals surface area contributed by atoms with E-state index in [-0.39, 0.29) is 12.4 Å². The molecule has 1 N–H and O–H groups in total. The third-order valence-electron chi connectivity index (χ3n) is 3.82. The summed E-state index contributed by atoms with van der Waals surface area (Å²) in [5.41, 5.74) is 0. The topological polar surface area (TPSA) is 51.0 Å². The van der Waals surface area contributed by atoms with Crippen molar-refractivity contribution in [2.24, 2.45) is 5.92 Å². The highest BCUT2D eigenvalue weighted by atomic mass is 35.5. The van der Waals surface area contributed by atoms with Gasteiger partial charge < -0.3 is 9.84 Å². The standard InChI is InChI=1S/C13H21N3O.ClH/c1-2-4-11(14-9-3-1)13-15-12(17-16-13)8-7-10-5-6-10;/h10-11,14H,1-9H2;1H. The third-order valence-corrected chi connectivity index (χ3v) is 3.82. The molecule has 18 heavy (non-hydrogen) atoms. The van der Waals surface area contributed by atoms with Gasteiger partial charge in [-0.3, -0.25) is 0 Å². The van der Waals surface area contributed by atoms with E-state index in [1.54, 1.807) is 0 Å². The highest BCUT2D eigenvalue weighted by Crippen LogP contribution is 2.33. The van der Waals surface area contributed by atoms with Crippen molar-refractivity contribution < 1.29 is 4.52 Å². The van der Waals surface area contributed by atoms with Gasteiger partial charge in [-0.25, -0.2) is 0 Å². The summed E-state index contributed by atoms with van der Waals surface area (Å²) in [4.78, 5) is 4.54. The number of halogens is 1. The largest absolute Gasteiger partial charge is 0.339 e. The van der Waals surface area contributed by atoms with Crippen LogP contribution in [0, 0.1) is 5.92 Å². The number of hydrogen-bond acceptors (Lipinski definition) is 4. The van der Waals surface area contributed by atoms with Gasteiger partial charge in [0, 0.05) is 6.42 Å². The zero-order chi connectivity index (χ0) is 11.5. The van der Waals surface area contributed by atoms with Crippen LogP contribution in [0.3, 0.4) is 0 Å². The Kier molecular flexibility index (Phi) is 5.01. The van der Waals surface area contributed by atoms with Gasteiger partial charge in [0.05, 0.1) is 6.04 Å². The number of nitrogens with one attached hydrogen (secondary N) is 1. The highest BCUT2D eigenvalue weighted by molar-refractivity contribution is 5.85. The van der Waals surface area contributed by atoms with Crippen molar-refractivity contribution in [3.8, 4) is 0 Å². The second-order valence-corrected chi connectivity index (χ2v) is 5.38. The molecular formula is C13H22ClN3O. The van der Waals surface area contributed by atoms with E-state index in [2.05, 4.69) is 15.5 Å². The van der Waals surface area contributed by atoms with Crippen molar-refractivity contribution in [1.82, 2.24) is 15.5 Å². The van der Waals surface area contributed by atoms with Crippen LogP contribution >= 0.6 is 12.4 Å². The number of nitrogens with zero attached hydrogens (tertiary/aromatic N) is 2. The molecule has 4 nitrogen and oxygen atoms in total. The van der Waals surface area contributed by atoms with Crippen LogP contribution < -0.4 is 5.32 Å². The molecule has 1 aliphatic carbocycles. The Morgan fingerprint density at radius 2 is 2.06 bits per heavy atom. The smallest absolute Gasteiger partial charge is 0.226 e. The van der Waals surface area contributed by atoms with Gasteiger partial charge in [-0.15, -0.1) is 12.4 Å². The van der Waals surface area contributed by atoms with E-state index in [1.807, 2.05) is 0 Å². The van der Waals surface area contributed by atoms with E-state index in [9.17, 15) is 0 Å². The van der Waals surface area contributed by atoms with Gasteiger partial charge >= 0.3 is 0 Å². The van der Waals surface area contributed by atoms with Crippen LogP contribution in [0.15, 0.2) is 4.52 Å². The Bertz CT molecular complexity index is 357. The number of rotatable bonds is 4. The first-order valence-electron chi connectivity index (χ1n) is 6.97. The van der Waals surface area contributed by atoms with Crippen LogP contribution in [0.4, 0.5) is 0 Å². The summed E-state index contributed by atoms with van der Waals surface area (Å²) in [6, 6.07) is 0.316. The van der Waals surface area contributed by atoms with Crippen LogP contribution in [-0.2, 0) is 6.42 Å². The molecule has 2 heterocycles. The lowest BCUT2D eigenvalue weighted by Gasteiger charge is -2.09. The lowest BCUT2D eigenvalue weighted by molar-refractivity contribution is 0.359. The average Bonchev–Trinajstić information content (AvgIpc) is 3.12. The van der Waals surface area contributed by atoms with Crippen molar-refractivity contribution >= 4 is 12.4 Å². The summed E-state index contributed by atoms with van der Waals surface area (Å²) < 4.78 is 5.34. The third kappa shape index (κ3) is 3.69. The molecule has 5 heteroatoms. The van der Waals surface area contributed by atoms with Gasteiger partial charge in [-0.2, -0.15) is 4.98 Å². The van der Waals surface area contributed by atoms with E-state index < -0.39 is 0 Å². The van der Waals surface area contributed by atoms with Gasteiger partial charge in [-0.1, -0.05) is 30.8 Å². The van der Waals surface area contributed by atoms with Gasteiger partial charge in [0.2, 0.25) is 5.89 Å². The van der Waals surface area contributed by atoms with Crippen molar-refractivity contribution in [3.63, 3.8) is 0 Å². The highest BCUT2D eigenvalue weighted by Gasteiger charge is 2.23. The van der Waals surface area contributed by atoms with Crippen LogP contribution in [-0.4, -0.2) is 16.7 Å². The predicted molar refractivity (Wildman–Crippen MR) is 71.8 cm³/mol. The maximum absolute atomic E-state index is 5.34. The second-order valence-electron chi connectivity index (χ2n) is 5.38. The first-order chi connectivity index (χ1) is 8.42. The maximum atomic E-state index is 5.34.